The Labute approximate surface area is 111 Å². The van der Waals surface area contributed by atoms with Crippen LogP contribution in [0.15, 0.2) is 24.3 Å². The molecule has 1 amide bonds. The monoisotopic (exact) mass is 269 g/mol. The van der Waals surface area contributed by atoms with Crippen molar-refractivity contribution in [2.24, 2.45) is 0 Å². The van der Waals surface area contributed by atoms with Crippen LogP contribution < -0.4 is 16.2 Å². The molecule has 0 aliphatic rings. The molecular formula is C12H16FN3OS. The predicted molar refractivity (Wildman–Crippen MR) is 72.5 cm³/mol. The van der Waals surface area contributed by atoms with E-state index >= 15 is 0 Å². The van der Waals surface area contributed by atoms with Crippen molar-refractivity contribution in [1.29, 1.82) is 0 Å². The number of nitrogens with one attached hydrogen (secondary N) is 3. The molecule has 6 heteroatoms. The number of amides is 1. The van der Waals surface area contributed by atoms with E-state index in [0.717, 1.165) is 0 Å². The number of carbonyl (C=O) groups excluding carboxylic acids is 1. The number of halogens is 1. The Morgan fingerprint density at radius 2 is 1.83 bits per heavy atom. The largest absolute Gasteiger partial charge is 0.357 e. The van der Waals surface area contributed by atoms with Crippen LogP contribution in [0.1, 0.15) is 31.1 Å². The predicted octanol–water partition coefficient (Wildman–Crippen LogP) is 1.73. The average molecular weight is 269 g/mol. The Balaban J connectivity index is 2.52. The van der Waals surface area contributed by atoms with E-state index in [-0.39, 0.29) is 16.2 Å². The summed E-state index contributed by atoms with van der Waals surface area (Å²) in [5.74, 6) is -1.15. The first-order valence-corrected chi connectivity index (χ1v) is 5.83. The summed E-state index contributed by atoms with van der Waals surface area (Å²) in [5.41, 5.74) is 4.59. The maximum atomic E-state index is 13.3. The molecule has 1 rings (SSSR count). The lowest BCUT2D eigenvalue weighted by molar-refractivity contribution is 0.0939. The summed E-state index contributed by atoms with van der Waals surface area (Å²) in [5, 5.41) is 3.22. The summed E-state index contributed by atoms with van der Waals surface area (Å²) in [4.78, 5) is 11.6. The lowest BCUT2D eigenvalue weighted by Gasteiger charge is -2.23. The van der Waals surface area contributed by atoms with Gasteiger partial charge in [-0.15, -0.1) is 0 Å². The van der Waals surface area contributed by atoms with Crippen LogP contribution in [0.25, 0.3) is 0 Å². The van der Waals surface area contributed by atoms with Crippen LogP contribution in [-0.2, 0) is 0 Å². The van der Waals surface area contributed by atoms with Crippen LogP contribution in [0.4, 0.5) is 4.39 Å². The van der Waals surface area contributed by atoms with Gasteiger partial charge in [0.25, 0.3) is 5.91 Å². The fourth-order valence-corrected chi connectivity index (χ4v) is 1.56. The van der Waals surface area contributed by atoms with Gasteiger partial charge in [0.1, 0.15) is 5.82 Å². The zero-order valence-electron chi connectivity index (χ0n) is 10.5. The summed E-state index contributed by atoms with van der Waals surface area (Å²) in [7, 11) is 0. The molecule has 0 unspecified atom stereocenters. The Hall–Kier alpha value is -1.69. The maximum absolute atomic E-state index is 13.3. The molecule has 0 radical (unpaired) electrons. The quantitative estimate of drug-likeness (QED) is 0.537. The van der Waals surface area contributed by atoms with E-state index in [1.165, 1.54) is 18.2 Å². The second-order valence-electron chi connectivity index (χ2n) is 4.76. The normalized spacial score (nSPS) is 10.7. The minimum atomic E-state index is -0.578. The number of hydrogen-bond acceptors (Lipinski definition) is 2. The summed E-state index contributed by atoms with van der Waals surface area (Å²) >= 11 is 4.97. The molecule has 0 bridgehead atoms. The molecule has 0 fully saturated rings. The van der Waals surface area contributed by atoms with E-state index in [4.69, 9.17) is 12.2 Å². The Morgan fingerprint density at radius 1 is 1.22 bits per heavy atom. The van der Waals surface area contributed by atoms with E-state index < -0.39 is 11.7 Å². The van der Waals surface area contributed by atoms with Crippen molar-refractivity contribution < 1.29 is 9.18 Å². The zero-order chi connectivity index (χ0) is 13.8. The van der Waals surface area contributed by atoms with Crippen molar-refractivity contribution in [3.8, 4) is 0 Å². The lowest BCUT2D eigenvalue weighted by Crippen LogP contribution is -2.52. The molecule has 1 aromatic rings. The van der Waals surface area contributed by atoms with Gasteiger partial charge in [-0.05, 0) is 45.1 Å². The van der Waals surface area contributed by atoms with E-state index in [0.29, 0.717) is 0 Å². The van der Waals surface area contributed by atoms with Gasteiger partial charge >= 0.3 is 0 Å². The number of hydrogen-bond donors (Lipinski definition) is 3. The van der Waals surface area contributed by atoms with Crippen LogP contribution in [0.3, 0.4) is 0 Å². The van der Waals surface area contributed by atoms with Gasteiger partial charge in [-0.3, -0.25) is 15.6 Å². The zero-order valence-corrected chi connectivity index (χ0v) is 11.3. The third-order valence-electron chi connectivity index (χ3n) is 1.90. The second-order valence-corrected chi connectivity index (χ2v) is 5.17. The molecule has 1 aromatic carbocycles. The molecule has 0 saturated carbocycles. The van der Waals surface area contributed by atoms with E-state index in [1.807, 2.05) is 20.8 Å². The minimum absolute atomic E-state index is 0.0384. The van der Waals surface area contributed by atoms with E-state index in [1.54, 1.807) is 6.07 Å². The molecule has 0 aliphatic heterocycles. The van der Waals surface area contributed by atoms with Gasteiger partial charge in [0.05, 0.1) is 5.56 Å². The van der Waals surface area contributed by atoms with E-state index in [2.05, 4.69) is 16.2 Å². The van der Waals surface area contributed by atoms with E-state index in [9.17, 15) is 9.18 Å². The van der Waals surface area contributed by atoms with Gasteiger partial charge < -0.3 is 5.32 Å². The van der Waals surface area contributed by atoms with Crippen molar-refractivity contribution >= 4 is 23.2 Å². The molecular weight excluding hydrogens is 253 g/mol. The maximum Gasteiger partial charge on any atom is 0.272 e. The van der Waals surface area contributed by atoms with Crippen molar-refractivity contribution in [3.63, 3.8) is 0 Å². The molecule has 98 valence electrons. The summed E-state index contributed by atoms with van der Waals surface area (Å²) in [6.07, 6.45) is 0. The summed E-state index contributed by atoms with van der Waals surface area (Å²) in [6.45, 7) is 5.79. The van der Waals surface area contributed by atoms with Crippen LogP contribution >= 0.6 is 12.2 Å². The molecule has 0 heterocycles. The molecule has 4 nitrogen and oxygen atoms in total. The highest BCUT2D eigenvalue weighted by Gasteiger charge is 2.13. The third-order valence-corrected chi connectivity index (χ3v) is 2.10. The number of benzene rings is 1. The fourth-order valence-electron chi connectivity index (χ4n) is 1.20. The molecule has 0 spiro atoms. The second kappa shape index (κ2) is 5.77. The highest BCUT2D eigenvalue weighted by Crippen LogP contribution is 2.05. The number of carbonyl (C=O) groups is 1. The van der Waals surface area contributed by atoms with Crippen molar-refractivity contribution in [2.75, 3.05) is 0 Å². The first-order chi connectivity index (χ1) is 8.29. The first kappa shape index (κ1) is 14.4. The minimum Gasteiger partial charge on any atom is -0.357 e. The SMILES string of the molecule is CC(C)(C)NC(=S)NNC(=O)c1ccccc1F. The average Bonchev–Trinajstić information content (AvgIpc) is 2.24. The molecule has 0 saturated heterocycles. The van der Waals surface area contributed by atoms with Crippen LogP contribution in [0.5, 0.6) is 0 Å². The number of hydrazine groups is 1. The number of rotatable bonds is 1. The molecule has 3 N–H and O–H groups in total. The van der Waals surface area contributed by atoms with Gasteiger partial charge in [-0.1, -0.05) is 12.1 Å². The fraction of sp³-hybridized carbons (Fsp3) is 0.333. The van der Waals surface area contributed by atoms with Crippen LogP contribution in [0, 0.1) is 5.82 Å². The van der Waals surface area contributed by atoms with Crippen LogP contribution in [0.2, 0.25) is 0 Å². The topological polar surface area (TPSA) is 53.2 Å². The molecule has 0 atom stereocenters. The van der Waals surface area contributed by atoms with Crippen molar-refractivity contribution in [3.05, 3.63) is 35.6 Å². The first-order valence-electron chi connectivity index (χ1n) is 5.42. The van der Waals surface area contributed by atoms with Gasteiger partial charge in [-0.25, -0.2) is 4.39 Å². The van der Waals surface area contributed by atoms with Gasteiger partial charge in [0.2, 0.25) is 0 Å². The Morgan fingerprint density at radius 3 is 2.39 bits per heavy atom. The van der Waals surface area contributed by atoms with Gasteiger partial charge in [-0.2, -0.15) is 0 Å². The van der Waals surface area contributed by atoms with Gasteiger partial charge in [0, 0.05) is 5.54 Å². The molecule has 0 aliphatic carbocycles. The van der Waals surface area contributed by atoms with Crippen molar-refractivity contribution in [2.45, 2.75) is 26.3 Å². The molecule has 18 heavy (non-hydrogen) atoms. The lowest BCUT2D eigenvalue weighted by atomic mass is 10.1. The van der Waals surface area contributed by atoms with Gasteiger partial charge in [0.15, 0.2) is 5.11 Å². The highest BCUT2D eigenvalue weighted by molar-refractivity contribution is 7.80. The van der Waals surface area contributed by atoms with Crippen LogP contribution in [-0.4, -0.2) is 16.6 Å². The highest BCUT2D eigenvalue weighted by atomic mass is 32.1. The Kier molecular flexibility index (Phi) is 4.61. The number of thiocarbonyl (C=S) groups is 1. The smallest absolute Gasteiger partial charge is 0.272 e. The standard InChI is InChI=1S/C12H16FN3OS/c1-12(2,3)14-11(18)16-15-10(17)8-6-4-5-7-9(8)13/h4-7H,1-3H3,(H,15,17)(H2,14,16,18). The third kappa shape index (κ3) is 4.67. The molecule has 0 aromatic heterocycles. The summed E-state index contributed by atoms with van der Waals surface area (Å²) < 4.78 is 13.3. The Bertz CT molecular complexity index is 457. The van der Waals surface area contributed by atoms with Crippen molar-refractivity contribution in [1.82, 2.24) is 16.2 Å². The summed E-state index contributed by atoms with van der Waals surface area (Å²) in [6, 6.07) is 5.72.